The molecule has 0 saturated carbocycles. The van der Waals surface area contributed by atoms with Gasteiger partial charge in [-0.3, -0.25) is 9.59 Å². The molecule has 0 saturated heterocycles. The minimum absolute atomic E-state index is 0.119. The molecule has 0 heterocycles. The predicted octanol–water partition coefficient (Wildman–Crippen LogP) is -0.657. The molecule has 7 nitrogen and oxygen atoms in total. The van der Waals surface area contributed by atoms with E-state index in [0.717, 1.165) is 0 Å². The van der Waals surface area contributed by atoms with Crippen LogP contribution in [0.5, 0.6) is 0 Å². The molecule has 7 heteroatoms. The van der Waals surface area contributed by atoms with E-state index in [4.69, 9.17) is 16.2 Å². The van der Waals surface area contributed by atoms with E-state index >= 15 is 0 Å². The van der Waals surface area contributed by atoms with Crippen molar-refractivity contribution < 1.29 is 14.3 Å². The van der Waals surface area contributed by atoms with Crippen molar-refractivity contribution >= 4 is 23.2 Å². The first-order valence-corrected chi connectivity index (χ1v) is 5.73. The van der Waals surface area contributed by atoms with Gasteiger partial charge in [0.05, 0.1) is 18.7 Å². The zero-order valence-corrected chi connectivity index (χ0v) is 10.7. The van der Waals surface area contributed by atoms with Gasteiger partial charge in [0.25, 0.3) is 5.91 Å². The third-order valence-electron chi connectivity index (χ3n) is 2.36. The first-order valence-electron chi connectivity index (χ1n) is 5.73. The summed E-state index contributed by atoms with van der Waals surface area (Å²) < 4.78 is 4.78. The first-order chi connectivity index (χ1) is 9.04. The van der Waals surface area contributed by atoms with Crippen molar-refractivity contribution in [1.82, 2.24) is 10.6 Å². The number of carbonyl (C=O) groups is 2. The second-order valence-electron chi connectivity index (χ2n) is 3.87. The molecule has 0 radical (unpaired) electrons. The number of nitrogens with two attached hydrogens (primary N) is 2. The van der Waals surface area contributed by atoms with Crippen LogP contribution in [0.15, 0.2) is 18.2 Å². The Balaban J connectivity index is 2.45. The average Bonchev–Trinajstić information content (AvgIpc) is 2.36. The van der Waals surface area contributed by atoms with E-state index in [1.165, 1.54) is 19.2 Å². The zero-order valence-electron chi connectivity index (χ0n) is 10.7. The van der Waals surface area contributed by atoms with Crippen molar-refractivity contribution in [3.05, 3.63) is 23.8 Å². The zero-order chi connectivity index (χ0) is 14.3. The van der Waals surface area contributed by atoms with Gasteiger partial charge < -0.3 is 26.8 Å². The fourth-order valence-corrected chi connectivity index (χ4v) is 1.40. The van der Waals surface area contributed by atoms with Crippen molar-refractivity contribution in [2.24, 2.45) is 0 Å². The van der Waals surface area contributed by atoms with Crippen LogP contribution in [-0.4, -0.2) is 38.6 Å². The van der Waals surface area contributed by atoms with Crippen molar-refractivity contribution in [3.8, 4) is 0 Å². The molecule has 1 aromatic rings. The Morgan fingerprint density at radius 3 is 2.63 bits per heavy atom. The molecule has 0 aliphatic carbocycles. The summed E-state index contributed by atoms with van der Waals surface area (Å²) in [6, 6.07) is 4.58. The Hall–Kier alpha value is -2.28. The number of ether oxygens (including phenoxy) is 1. The van der Waals surface area contributed by atoms with Gasteiger partial charge in [-0.2, -0.15) is 0 Å². The van der Waals surface area contributed by atoms with Crippen LogP contribution in [0, 0.1) is 0 Å². The van der Waals surface area contributed by atoms with Crippen LogP contribution in [0.4, 0.5) is 11.4 Å². The molecule has 1 aromatic carbocycles. The highest BCUT2D eigenvalue weighted by Gasteiger charge is 2.10. The standard InChI is InChI=1S/C12H18N4O3/c1-19-5-4-15-11(17)7-16-12(18)9-3-2-8(13)6-10(9)14/h2-3,6H,4-5,7,13-14H2,1H3,(H,15,17)(H,16,18). The highest BCUT2D eigenvalue weighted by atomic mass is 16.5. The third-order valence-corrected chi connectivity index (χ3v) is 2.36. The molecule has 0 aliphatic heterocycles. The quantitative estimate of drug-likeness (QED) is 0.402. The van der Waals surface area contributed by atoms with Gasteiger partial charge in [0, 0.05) is 25.0 Å². The summed E-state index contributed by atoms with van der Waals surface area (Å²) >= 11 is 0. The highest BCUT2D eigenvalue weighted by molar-refractivity contribution is 6.01. The largest absolute Gasteiger partial charge is 0.399 e. The Morgan fingerprint density at radius 2 is 2.00 bits per heavy atom. The van der Waals surface area contributed by atoms with E-state index in [9.17, 15) is 9.59 Å². The summed E-state index contributed by atoms with van der Waals surface area (Å²) in [7, 11) is 1.54. The lowest BCUT2D eigenvalue weighted by Gasteiger charge is -2.08. The summed E-state index contributed by atoms with van der Waals surface area (Å²) in [5, 5.41) is 5.06. The minimum atomic E-state index is -0.417. The van der Waals surface area contributed by atoms with Crippen molar-refractivity contribution in [3.63, 3.8) is 0 Å². The molecule has 0 aliphatic rings. The molecular formula is C12H18N4O3. The number of anilines is 2. The van der Waals surface area contributed by atoms with Gasteiger partial charge in [-0.1, -0.05) is 0 Å². The van der Waals surface area contributed by atoms with Crippen LogP contribution >= 0.6 is 0 Å². The smallest absolute Gasteiger partial charge is 0.253 e. The second-order valence-corrected chi connectivity index (χ2v) is 3.87. The number of rotatable bonds is 6. The minimum Gasteiger partial charge on any atom is -0.399 e. The topological polar surface area (TPSA) is 119 Å². The molecule has 0 bridgehead atoms. The van der Waals surface area contributed by atoms with Gasteiger partial charge in [0.1, 0.15) is 0 Å². The highest BCUT2D eigenvalue weighted by Crippen LogP contribution is 2.15. The summed E-state index contributed by atoms with van der Waals surface area (Å²) in [6.45, 7) is 0.701. The lowest BCUT2D eigenvalue weighted by molar-refractivity contribution is -0.120. The molecule has 6 N–H and O–H groups in total. The molecule has 2 amide bonds. The first kappa shape index (κ1) is 14.8. The van der Waals surface area contributed by atoms with E-state index in [1.807, 2.05) is 0 Å². The van der Waals surface area contributed by atoms with Crippen molar-refractivity contribution in [1.29, 1.82) is 0 Å². The summed E-state index contributed by atoms with van der Waals surface area (Å²) in [6.07, 6.45) is 0. The van der Waals surface area contributed by atoms with Gasteiger partial charge in [-0.05, 0) is 18.2 Å². The predicted molar refractivity (Wildman–Crippen MR) is 72.5 cm³/mol. The SMILES string of the molecule is COCCNC(=O)CNC(=O)c1ccc(N)cc1N. The monoisotopic (exact) mass is 266 g/mol. The molecular weight excluding hydrogens is 248 g/mol. The van der Waals surface area contributed by atoms with E-state index in [1.54, 1.807) is 6.07 Å². The van der Waals surface area contributed by atoms with Crippen LogP contribution in [0.25, 0.3) is 0 Å². The average molecular weight is 266 g/mol. The number of nitrogen functional groups attached to an aromatic ring is 2. The number of hydrogen-bond donors (Lipinski definition) is 4. The lowest BCUT2D eigenvalue weighted by Crippen LogP contribution is -2.38. The maximum atomic E-state index is 11.8. The molecule has 0 fully saturated rings. The van der Waals surface area contributed by atoms with Gasteiger partial charge in [0.15, 0.2) is 0 Å². The molecule has 19 heavy (non-hydrogen) atoms. The maximum absolute atomic E-state index is 11.8. The molecule has 0 spiro atoms. The van der Waals surface area contributed by atoms with Crippen LogP contribution in [0.2, 0.25) is 0 Å². The Kier molecular flexibility index (Phi) is 5.62. The Labute approximate surface area is 111 Å². The molecule has 104 valence electrons. The molecule has 0 aromatic heterocycles. The summed E-state index contributed by atoms with van der Waals surface area (Å²) in [5.41, 5.74) is 12.2. The molecule has 1 rings (SSSR count). The number of hydrogen-bond acceptors (Lipinski definition) is 5. The van der Waals surface area contributed by atoms with Crippen LogP contribution in [0.3, 0.4) is 0 Å². The van der Waals surface area contributed by atoms with E-state index in [2.05, 4.69) is 10.6 Å². The number of benzene rings is 1. The summed E-state index contributed by atoms with van der Waals surface area (Å²) in [5.74, 6) is -0.709. The molecule has 0 unspecified atom stereocenters. The maximum Gasteiger partial charge on any atom is 0.253 e. The lowest BCUT2D eigenvalue weighted by atomic mass is 10.1. The second kappa shape index (κ2) is 7.22. The van der Waals surface area contributed by atoms with E-state index in [0.29, 0.717) is 24.4 Å². The van der Waals surface area contributed by atoms with Gasteiger partial charge >= 0.3 is 0 Å². The third kappa shape index (κ3) is 4.84. The van der Waals surface area contributed by atoms with Crippen molar-refractivity contribution in [2.75, 3.05) is 38.3 Å². The van der Waals surface area contributed by atoms with Gasteiger partial charge in [-0.25, -0.2) is 0 Å². The normalized spacial score (nSPS) is 9.95. The molecule has 0 atom stereocenters. The van der Waals surface area contributed by atoms with E-state index in [-0.39, 0.29) is 18.1 Å². The van der Waals surface area contributed by atoms with Crippen LogP contribution < -0.4 is 22.1 Å². The van der Waals surface area contributed by atoms with Crippen molar-refractivity contribution in [2.45, 2.75) is 0 Å². The Morgan fingerprint density at radius 1 is 1.26 bits per heavy atom. The van der Waals surface area contributed by atoms with Crippen LogP contribution in [0.1, 0.15) is 10.4 Å². The number of nitrogens with one attached hydrogen (secondary N) is 2. The Bertz CT molecular complexity index is 462. The fraction of sp³-hybridized carbons (Fsp3) is 0.333. The fourth-order valence-electron chi connectivity index (χ4n) is 1.40. The van der Waals surface area contributed by atoms with Gasteiger partial charge in [0.2, 0.25) is 5.91 Å². The van der Waals surface area contributed by atoms with Gasteiger partial charge in [-0.15, -0.1) is 0 Å². The summed E-state index contributed by atoms with van der Waals surface area (Å²) in [4.78, 5) is 23.1. The number of carbonyl (C=O) groups excluding carboxylic acids is 2. The van der Waals surface area contributed by atoms with E-state index < -0.39 is 5.91 Å². The number of methoxy groups -OCH3 is 1. The number of amides is 2. The van der Waals surface area contributed by atoms with Crippen LogP contribution in [-0.2, 0) is 9.53 Å².